The number of carboxylic acid groups (broad SMARTS) is 1. The summed E-state index contributed by atoms with van der Waals surface area (Å²) in [6, 6.07) is 16.3. The molecule has 0 radical (unpaired) electrons. The molecule has 0 saturated carbocycles. The number of hydrogen-bond acceptors (Lipinski definition) is 4. The summed E-state index contributed by atoms with van der Waals surface area (Å²) in [4.78, 5) is 26.4. The van der Waals surface area contributed by atoms with Crippen LogP contribution in [0.2, 0.25) is 0 Å². The molecule has 0 spiro atoms. The summed E-state index contributed by atoms with van der Waals surface area (Å²) < 4.78 is 87.5. The van der Waals surface area contributed by atoms with E-state index in [1.165, 1.54) is 29.2 Å². The van der Waals surface area contributed by atoms with Crippen LogP contribution in [0.15, 0.2) is 72.8 Å². The molecule has 2 N–H and O–H groups in total. The minimum Gasteiger partial charge on any atom is -0.489 e. The van der Waals surface area contributed by atoms with Gasteiger partial charge in [0.1, 0.15) is 11.9 Å². The SMILES string of the molecule is CC(C(=O)N1CC(Oc2cccc(C(=O)O)c2)CCc2cc(C(O)(C(F)(F)F)C(F)(F)F)ccc21)c1ccccc1. The highest BCUT2D eigenvalue weighted by Gasteiger charge is 2.71. The molecule has 41 heavy (non-hydrogen) atoms. The Morgan fingerprint density at radius 1 is 0.927 bits per heavy atom. The smallest absolute Gasteiger partial charge is 0.430 e. The van der Waals surface area contributed by atoms with E-state index in [1.807, 2.05) is 0 Å². The second-order valence-corrected chi connectivity index (χ2v) is 9.74. The third-order valence-corrected chi connectivity index (χ3v) is 7.05. The normalized spacial score (nSPS) is 16.9. The van der Waals surface area contributed by atoms with Crippen molar-refractivity contribution in [2.45, 2.75) is 49.7 Å². The molecule has 1 aliphatic heterocycles. The van der Waals surface area contributed by atoms with E-state index in [4.69, 9.17) is 4.74 Å². The summed E-state index contributed by atoms with van der Waals surface area (Å²) in [5.41, 5.74) is -5.91. The van der Waals surface area contributed by atoms with Crippen LogP contribution >= 0.6 is 0 Å². The standard InChI is InChI=1S/C29H25F6NO5/c1-17(18-6-3-2-4-7-18)25(37)36-16-23(41-22-9-5-8-20(15-22)26(38)39)12-10-19-14-21(11-13-24(19)36)27(40,28(30,31)32)29(33,34)35/h2-9,11,13-15,17,23,40H,10,12,16H2,1H3,(H,38,39). The zero-order valence-corrected chi connectivity index (χ0v) is 21.5. The van der Waals surface area contributed by atoms with Gasteiger partial charge in [-0.1, -0.05) is 48.5 Å². The number of carboxylic acids is 1. The van der Waals surface area contributed by atoms with Crippen molar-refractivity contribution in [3.63, 3.8) is 0 Å². The highest BCUT2D eigenvalue weighted by molar-refractivity contribution is 5.98. The number of carbonyl (C=O) groups excluding carboxylic acids is 1. The Labute approximate surface area is 230 Å². The van der Waals surface area contributed by atoms with Crippen LogP contribution < -0.4 is 9.64 Å². The van der Waals surface area contributed by atoms with E-state index < -0.39 is 47.4 Å². The summed E-state index contributed by atoms with van der Waals surface area (Å²) in [5, 5.41) is 19.2. The molecule has 2 atom stereocenters. The zero-order valence-electron chi connectivity index (χ0n) is 21.5. The van der Waals surface area contributed by atoms with Gasteiger partial charge >= 0.3 is 18.3 Å². The van der Waals surface area contributed by atoms with Crippen molar-refractivity contribution in [2.75, 3.05) is 11.4 Å². The van der Waals surface area contributed by atoms with Crippen molar-refractivity contribution in [1.29, 1.82) is 0 Å². The third kappa shape index (κ3) is 5.88. The molecular weight excluding hydrogens is 556 g/mol. The maximum Gasteiger partial charge on any atom is 0.430 e. The zero-order chi connectivity index (χ0) is 30.2. The molecule has 3 aromatic carbocycles. The predicted molar refractivity (Wildman–Crippen MR) is 136 cm³/mol. The maximum absolute atomic E-state index is 13.7. The summed E-state index contributed by atoms with van der Waals surface area (Å²) in [7, 11) is 0. The van der Waals surface area contributed by atoms with Gasteiger partial charge < -0.3 is 19.8 Å². The summed E-state index contributed by atoms with van der Waals surface area (Å²) in [5.74, 6) is -2.26. The molecule has 1 amide bonds. The lowest BCUT2D eigenvalue weighted by atomic mass is 9.89. The Balaban J connectivity index is 1.77. The highest BCUT2D eigenvalue weighted by Crippen LogP contribution is 2.51. The fourth-order valence-corrected chi connectivity index (χ4v) is 4.79. The molecule has 0 bridgehead atoms. The molecule has 6 nitrogen and oxygen atoms in total. The van der Waals surface area contributed by atoms with Gasteiger partial charge in [0.15, 0.2) is 0 Å². The quantitative estimate of drug-likeness (QED) is 0.337. The molecule has 0 aromatic heterocycles. The molecule has 4 rings (SSSR count). The number of rotatable bonds is 6. The Kier molecular flexibility index (Phi) is 8.08. The second-order valence-electron chi connectivity index (χ2n) is 9.74. The maximum atomic E-state index is 13.7. The van der Waals surface area contributed by atoms with Gasteiger partial charge in [0, 0.05) is 11.3 Å². The highest BCUT2D eigenvalue weighted by atomic mass is 19.4. The summed E-state index contributed by atoms with van der Waals surface area (Å²) in [6.45, 7) is 1.50. The fourth-order valence-electron chi connectivity index (χ4n) is 4.79. The monoisotopic (exact) mass is 581 g/mol. The lowest BCUT2D eigenvalue weighted by Crippen LogP contribution is -2.54. The first-order valence-electron chi connectivity index (χ1n) is 12.5. The molecule has 3 aromatic rings. The molecule has 1 heterocycles. The summed E-state index contributed by atoms with van der Waals surface area (Å²) >= 11 is 0. The molecule has 12 heteroatoms. The number of nitrogens with zero attached hydrogens (tertiary/aromatic N) is 1. The number of anilines is 1. The average Bonchev–Trinajstić information content (AvgIpc) is 3.10. The van der Waals surface area contributed by atoms with Gasteiger partial charge in [-0.25, -0.2) is 4.79 Å². The lowest BCUT2D eigenvalue weighted by molar-refractivity contribution is -0.376. The van der Waals surface area contributed by atoms with Crippen molar-refractivity contribution in [3.05, 3.63) is 95.1 Å². The number of hydrogen-bond donors (Lipinski definition) is 2. The fraction of sp³-hybridized carbons (Fsp3) is 0.310. The van der Waals surface area contributed by atoms with Gasteiger partial charge in [-0.2, -0.15) is 26.3 Å². The van der Waals surface area contributed by atoms with E-state index >= 15 is 0 Å². The van der Waals surface area contributed by atoms with E-state index in [0.717, 1.165) is 6.07 Å². The largest absolute Gasteiger partial charge is 0.489 e. The van der Waals surface area contributed by atoms with E-state index in [-0.39, 0.29) is 42.0 Å². The molecule has 0 fully saturated rings. The van der Waals surface area contributed by atoms with Crippen LogP contribution in [0.5, 0.6) is 5.75 Å². The number of aliphatic hydroxyl groups is 1. The van der Waals surface area contributed by atoms with Crippen LogP contribution in [-0.2, 0) is 16.8 Å². The molecule has 0 saturated heterocycles. The van der Waals surface area contributed by atoms with Crippen LogP contribution in [0.3, 0.4) is 0 Å². The van der Waals surface area contributed by atoms with Crippen LogP contribution in [0.1, 0.15) is 46.3 Å². The van der Waals surface area contributed by atoms with Crippen LogP contribution in [0.25, 0.3) is 0 Å². The first-order chi connectivity index (χ1) is 19.1. The topological polar surface area (TPSA) is 87.1 Å². The van der Waals surface area contributed by atoms with Crippen molar-refractivity contribution in [1.82, 2.24) is 0 Å². The molecular formula is C29H25F6NO5. The Hall–Kier alpha value is -4.06. The van der Waals surface area contributed by atoms with Gasteiger partial charge in [-0.05, 0) is 55.2 Å². The number of amides is 1. The Morgan fingerprint density at radius 2 is 1.59 bits per heavy atom. The summed E-state index contributed by atoms with van der Waals surface area (Å²) in [6.07, 6.45) is -13.0. The van der Waals surface area contributed by atoms with Gasteiger partial charge in [0.05, 0.1) is 18.0 Å². The van der Waals surface area contributed by atoms with Crippen molar-refractivity contribution < 1.29 is 50.9 Å². The lowest BCUT2D eigenvalue weighted by Gasteiger charge is -2.34. The van der Waals surface area contributed by atoms with Crippen molar-refractivity contribution >= 4 is 17.6 Å². The number of carbonyl (C=O) groups is 2. The minimum atomic E-state index is -6.07. The Morgan fingerprint density at radius 3 is 2.20 bits per heavy atom. The molecule has 1 aliphatic rings. The number of aromatic carboxylic acids is 1. The van der Waals surface area contributed by atoms with E-state index in [1.54, 1.807) is 37.3 Å². The van der Waals surface area contributed by atoms with Gasteiger partial charge in [0.2, 0.25) is 5.91 Å². The van der Waals surface area contributed by atoms with Crippen LogP contribution in [0.4, 0.5) is 32.0 Å². The third-order valence-electron chi connectivity index (χ3n) is 7.05. The number of benzene rings is 3. The van der Waals surface area contributed by atoms with Crippen LogP contribution in [-0.4, -0.2) is 47.1 Å². The number of aryl methyl sites for hydroxylation is 1. The van der Waals surface area contributed by atoms with Crippen LogP contribution in [0, 0.1) is 0 Å². The average molecular weight is 582 g/mol. The van der Waals surface area contributed by atoms with Gasteiger partial charge in [-0.15, -0.1) is 0 Å². The molecule has 0 aliphatic carbocycles. The van der Waals surface area contributed by atoms with Crippen molar-refractivity contribution in [2.24, 2.45) is 0 Å². The second kappa shape index (κ2) is 11.1. The molecule has 2 unspecified atom stereocenters. The number of fused-ring (bicyclic) bond motifs is 1. The van der Waals surface area contributed by atoms with E-state index in [2.05, 4.69) is 0 Å². The predicted octanol–water partition coefficient (Wildman–Crippen LogP) is 6.23. The Bertz CT molecular complexity index is 1410. The number of alkyl halides is 6. The first kappa shape index (κ1) is 29.9. The van der Waals surface area contributed by atoms with E-state index in [0.29, 0.717) is 17.7 Å². The van der Waals surface area contributed by atoms with Gasteiger partial charge in [0.25, 0.3) is 5.60 Å². The minimum absolute atomic E-state index is 0.0200. The van der Waals surface area contributed by atoms with Gasteiger partial charge in [-0.3, -0.25) is 4.79 Å². The number of halogens is 6. The molecule has 218 valence electrons. The van der Waals surface area contributed by atoms with Crippen molar-refractivity contribution in [3.8, 4) is 5.75 Å². The first-order valence-corrected chi connectivity index (χ1v) is 12.5. The van der Waals surface area contributed by atoms with E-state index in [9.17, 15) is 46.1 Å². The number of ether oxygens (including phenoxy) is 1.